The number of amides is 3. The third-order valence-corrected chi connectivity index (χ3v) is 4.78. The van der Waals surface area contributed by atoms with Crippen LogP contribution in [0.2, 0.25) is 0 Å². The van der Waals surface area contributed by atoms with Crippen LogP contribution in [0.4, 0.5) is 9.18 Å². The van der Waals surface area contributed by atoms with Crippen molar-refractivity contribution in [3.05, 3.63) is 59.4 Å². The molecule has 0 fully saturated rings. The van der Waals surface area contributed by atoms with E-state index < -0.39 is 12.1 Å². The number of ether oxygens (including phenoxy) is 2. The van der Waals surface area contributed by atoms with Crippen LogP contribution in [0.25, 0.3) is 0 Å². The summed E-state index contributed by atoms with van der Waals surface area (Å²) in [6, 6.07) is 10.4. The summed E-state index contributed by atoms with van der Waals surface area (Å²) in [5, 5.41) is 5.45. The Morgan fingerprint density at radius 1 is 1.10 bits per heavy atom. The van der Waals surface area contributed by atoms with Gasteiger partial charge in [-0.15, -0.1) is 0 Å². The second-order valence-corrected chi connectivity index (χ2v) is 7.18. The Morgan fingerprint density at radius 2 is 1.80 bits per heavy atom. The van der Waals surface area contributed by atoms with Crippen molar-refractivity contribution >= 4 is 11.9 Å². The van der Waals surface area contributed by atoms with E-state index in [2.05, 4.69) is 10.6 Å². The largest absolute Gasteiger partial charge is 0.454 e. The number of benzene rings is 2. The summed E-state index contributed by atoms with van der Waals surface area (Å²) < 4.78 is 23.7. The molecule has 2 aromatic carbocycles. The number of carbonyl (C=O) groups excluding carboxylic acids is 2. The first-order valence-electron chi connectivity index (χ1n) is 9.88. The van der Waals surface area contributed by atoms with E-state index in [-0.39, 0.29) is 25.1 Å². The molecule has 0 saturated heterocycles. The van der Waals surface area contributed by atoms with Crippen LogP contribution in [0.3, 0.4) is 0 Å². The highest BCUT2D eigenvalue weighted by atomic mass is 19.1. The van der Waals surface area contributed by atoms with Crippen molar-refractivity contribution in [1.82, 2.24) is 15.5 Å². The summed E-state index contributed by atoms with van der Waals surface area (Å²) >= 11 is 0. The molecule has 1 heterocycles. The molecule has 1 unspecified atom stereocenters. The highest BCUT2D eigenvalue weighted by Crippen LogP contribution is 2.32. The lowest BCUT2D eigenvalue weighted by Crippen LogP contribution is -2.50. The number of hydrogen-bond acceptors (Lipinski definition) is 4. The summed E-state index contributed by atoms with van der Waals surface area (Å²) in [5.74, 6) is 0.849. The van der Waals surface area contributed by atoms with Crippen molar-refractivity contribution in [2.24, 2.45) is 0 Å². The van der Waals surface area contributed by atoms with Crippen molar-refractivity contribution in [3.63, 3.8) is 0 Å². The number of halogens is 1. The standard InChI is InChI=1S/C22H26FN3O4/c1-3-4-18(25-22(28)24-12-15-5-8-17(23)9-6-15)21(27)26(2)13-16-7-10-19-20(11-16)30-14-29-19/h5-11,18H,3-4,12-14H2,1-2H3,(H2,24,25,28). The van der Waals surface area contributed by atoms with Crippen LogP contribution in [0, 0.1) is 5.82 Å². The average Bonchev–Trinajstić information content (AvgIpc) is 3.20. The summed E-state index contributed by atoms with van der Waals surface area (Å²) in [6.45, 7) is 2.78. The van der Waals surface area contributed by atoms with Crippen molar-refractivity contribution < 1.29 is 23.5 Å². The average molecular weight is 415 g/mol. The van der Waals surface area contributed by atoms with Crippen molar-refractivity contribution in [2.75, 3.05) is 13.8 Å². The van der Waals surface area contributed by atoms with Crippen LogP contribution in [0.1, 0.15) is 30.9 Å². The zero-order valence-electron chi connectivity index (χ0n) is 17.1. The number of hydrogen-bond donors (Lipinski definition) is 2. The van der Waals surface area contributed by atoms with Gasteiger partial charge >= 0.3 is 6.03 Å². The molecule has 30 heavy (non-hydrogen) atoms. The highest BCUT2D eigenvalue weighted by molar-refractivity contribution is 5.86. The second kappa shape index (κ2) is 9.96. The van der Waals surface area contributed by atoms with Crippen LogP contribution in [0.5, 0.6) is 11.5 Å². The van der Waals surface area contributed by atoms with E-state index in [1.165, 1.54) is 12.1 Å². The second-order valence-electron chi connectivity index (χ2n) is 7.18. The first-order chi connectivity index (χ1) is 14.5. The maximum atomic E-state index is 13.0. The van der Waals surface area contributed by atoms with Gasteiger partial charge in [-0.25, -0.2) is 9.18 Å². The number of likely N-dealkylation sites (N-methyl/N-ethyl adjacent to an activating group) is 1. The third kappa shape index (κ3) is 5.62. The Morgan fingerprint density at radius 3 is 2.53 bits per heavy atom. The molecule has 1 atom stereocenters. The van der Waals surface area contributed by atoms with Gasteiger partial charge in [-0.2, -0.15) is 0 Å². The minimum Gasteiger partial charge on any atom is -0.454 e. The molecular weight excluding hydrogens is 389 g/mol. The summed E-state index contributed by atoms with van der Waals surface area (Å²) in [4.78, 5) is 26.8. The normalized spacial score (nSPS) is 12.9. The predicted octanol–water partition coefficient (Wildman–Crippen LogP) is 3.18. The van der Waals surface area contributed by atoms with Gasteiger partial charge < -0.3 is 25.0 Å². The summed E-state index contributed by atoms with van der Waals surface area (Å²) in [7, 11) is 1.70. The van der Waals surface area contributed by atoms with E-state index in [0.717, 1.165) is 17.5 Å². The van der Waals surface area contributed by atoms with Gasteiger partial charge in [-0.3, -0.25) is 4.79 Å². The van der Waals surface area contributed by atoms with Gasteiger partial charge in [0.15, 0.2) is 11.5 Å². The number of nitrogens with one attached hydrogen (secondary N) is 2. The lowest BCUT2D eigenvalue weighted by molar-refractivity contribution is -0.132. The van der Waals surface area contributed by atoms with Crippen molar-refractivity contribution in [1.29, 1.82) is 0 Å². The quantitative estimate of drug-likeness (QED) is 0.694. The number of fused-ring (bicyclic) bond motifs is 1. The number of rotatable bonds is 8. The Bertz CT molecular complexity index is 888. The van der Waals surface area contributed by atoms with Gasteiger partial charge in [0, 0.05) is 20.1 Å². The van der Waals surface area contributed by atoms with E-state index in [1.807, 2.05) is 25.1 Å². The van der Waals surface area contributed by atoms with Crippen LogP contribution in [-0.4, -0.2) is 36.7 Å². The Labute approximate surface area is 175 Å². The first kappa shape index (κ1) is 21.4. The molecule has 8 heteroatoms. The maximum absolute atomic E-state index is 13.0. The molecule has 0 aromatic heterocycles. The van der Waals surface area contributed by atoms with E-state index in [1.54, 1.807) is 24.1 Å². The molecule has 3 amide bonds. The highest BCUT2D eigenvalue weighted by Gasteiger charge is 2.24. The number of carbonyl (C=O) groups is 2. The maximum Gasteiger partial charge on any atom is 0.315 e. The zero-order valence-corrected chi connectivity index (χ0v) is 17.1. The number of nitrogens with zero attached hydrogens (tertiary/aromatic N) is 1. The van der Waals surface area contributed by atoms with E-state index in [4.69, 9.17) is 9.47 Å². The molecule has 160 valence electrons. The molecule has 2 aromatic rings. The topological polar surface area (TPSA) is 79.9 Å². The van der Waals surface area contributed by atoms with E-state index in [0.29, 0.717) is 24.5 Å². The van der Waals surface area contributed by atoms with Crippen molar-refractivity contribution in [2.45, 2.75) is 38.9 Å². The minimum atomic E-state index is -0.637. The van der Waals surface area contributed by atoms with Gasteiger partial charge in [0.25, 0.3) is 0 Å². The fourth-order valence-corrected chi connectivity index (χ4v) is 3.20. The van der Waals surface area contributed by atoms with Gasteiger partial charge in [-0.1, -0.05) is 31.5 Å². The molecule has 1 aliphatic rings. The molecule has 7 nitrogen and oxygen atoms in total. The Hall–Kier alpha value is -3.29. The minimum absolute atomic E-state index is 0.175. The molecule has 1 aliphatic heterocycles. The van der Waals surface area contributed by atoms with E-state index in [9.17, 15) is 14.0 Å². The zero-order chi connectivity index (χ0) is 21.5. The van der Waals surface area contributed by atoms with Gasteiger partial charge in [0.2, 0.25) is 12.7 Å². The van der Waals surface area contributed by atoms with Gasteiger partial charge in [-0.05, 0) is 41.8 Å². The van der Waals surface area contributed by atoms with Gasteiger partial charge in [0.05, 0.1) is 0 Å². The molecule has 0 saturated carbocycles. The fourth-order valence-electron chi connectivity index (χ4n) is 3.20. The number of urea groups is 1. The fraction of sp³-hybridized carbons (Fsp3) is 0.364. The molecule has 0 aliphatic carbocycles. The van der Waals surface area contributed by atoms with E-state index >= 15 is 0 Å². The van der Waals surface area contributed by atoms with Crippen LogP contribution >= 0.6 is 0 Å². The van der Waals surface area contributed by atoms with Crippen LogP contribution in [-0.2, 0) is 17.9 Å². The lowest BCUT2D eigenvalue weighted by atomic mass is 10.1. The third-order valence-electron chi connectivity index (χ3n) is 4.78. The first-order valence-corrected chi connectivity index (χ1v) is 9.88. The van der Waals surface area contributed by atoms with Crippen LogP contribution < -0.4 is 20.1 Å². The molecule has 3 rings (SSSR count). The predicted molar refractivity (Wildman–Crippen MR) is 110 cm³/mol. The van der Waals surface area contributed by atoms with Crippen molar-refractivity contribution in [3.8, 4) is 11.5 Å². The molecule has 0 spiro atoms. The van der Waals surface area contributed by atoms with Crippen LogP contribution in [0.15, 0.2) is 42.5 Å². The monoisotopic (exact) mass is 415 g/mol. The molecular formula is C22H26FN3O4. The molecule has 0 radical (unpaired) electrons. The molecule has 0 bridgehead atoms. The SMILES string of the molecule is CCCC(NC(=O)NCc1ccc(F)cc1)C(=O)N(C)Cc1ccc2c(c1)OCO2. The lowest BCUT2D eigenvalue weighted by Gasteiger charge is -2.24. The molecule has 2 N–H and O–H groups in total. The Kier molecular flexibility index (Phi) is 7.11. The summed E-state index contributed by atoms with van der Waals surface area (Å²) in [6.07, 6.45) is 1.26. The Balaban J connectivity index is 1.55. The smallest absolute Gasteiger partial charge is 0.315 e. The van der Waals surface area contributed by atoms with Gasteiger partial charge in [0.1, 0.15) is 11.9 Å². The summed E-state index contributed by atoms with van der Waals surface area (Å²) in [5.41, 5.74) is 1.68.